The summed E-state index contributed by atoms with van der Waals surface area (Å²) >= 11 is 0. The second-order valence-corrected chi connectivity index (χ2v) is 7.28. The highest BCUT2D eigenvalue weighted by atomic mass is 127. The highest BCUT2D eigenvalue weighted by Gasteiger charge is 2.24. The van der Waals surface area contributed by atoms with Crippen LogP contribution in [0.15, 0.2) is 23.2 Å². The number of benzene rings is 1. The zero-order chi connectivity index (χ0) is 20.9. The Labute approximate surface area is 197 Å². The Morgan fingerprint density at radius 2 is 1.93 bits per heavy atom. The molecule has 0 aromatic heterocycles. The highest BCUT2D eigenvalue weighted by Crippen LogP contribution is 2.26. The first-order valence-corrected chi connectivity index (χ1v) is 10.7. The monoisotopic (exact) mass is 532 g/mol. The van der Waals surface area contributed by atoms with Crippen molar-refractivity contribution in [2.45, 2.75) is 46.1 Å². The molecule has 7 nitrogen and oxygen atoms in total. The molecule has 0 heterocycles. The van der Waals surface area contributed by atoms with Gasteiger partial charge in [-0.2, -0.15) is 0 Å². The molecular formula is C22H37IN4O3. The number of nitrogens with one attached hydrogen (secondary N) is 3. The molecule has 0 unspecified atom stereocenters. The molecule has 30 heavy (non-hydrogen) atoms. The van der Waals surface area contributed by atoms with Crippen molar-refractivity contribution in [1.82, 2.24) is 16.0 Å². The van der Waals surface area contributed by atoms with E-state index < -0.39 is 0 Å². The molecule has 170 valence electrons. The fraction of sp³-hybridized carbons (Fsp3) is 0.636. The minimum absolute atomic E-state index is 0. The van der Waals surface area contributed by atoms with Gasteiger partial charge in [-0.25, -0.2) is 0 Å². The molecule has 0 saturated heterocycles. The van der Waals surface area contributed by atoms with Gasteiger partial charge in [0.15, 0.2) is 5.96 Å². The lowest BCUT2D eigenvalue weighted by molar-refractivity contribution is -0.127. The summed E-state index contributed by atoms with van der Waals surface area (Å²) in [7, 11) is 1.75. The van der Waals surface area contributed by atoms with E-state index in [4.69, 9.17) is 9.47 Å². The van der Waals surface area contributed by atoms with E-state index >= 15 is 0 Å². The molecule has 3 N–H and O–H groups in total. The van der Waals surface area contributed by atoms with E-state index in [1.807, 2.05) is 13.0 Å². The van der Waals surface area contributed by atoms with Gasteiger partial charge in [0.25, 0.3) is 0 Å². The number of guanidine groups is 1. The maximum Gasteiger partial charge on any atom is 0.223 e. The second-order valence-electron chi connectivity index (χ2n) is 7.28. The van der Waals surface area contributed by atoms with Gasteiger partial charge in [0.2, 0.25) is 5.91 Å². The van der Waals surface area contributed by atoms with Gasteiger partial charge >= 0.3 is 0 Å². The van der Waals surface area contributed by atoms with E-state index in [0.717, 1.165) is 48.6 Å². The van der Waals surface area contributed by atoms with Crippen LogP contribution < -0.4 is 20.7 Å². The number of halogens is 1. The van der Waals surface area contributed by atoms with Crippen LogP contribution in [-0.4, -0.2) is 51.8 Å². The summed E-state index contributed by atoms with van der Waals surface area (Å²) < 4.78 is 11.2. The van der Waals surface area contributed by atoms with Crippen molar-refractivity contribution in [3.8, 4) is 5.75 Å². The first kappa shape index (κ1) is 26.5. The van der Waals surface area contributed by atoms with Crippen molar-refractivity contribution < 1.29 is 14.3 Å². The SMILES string of the molecule is CCOCCOc1cc(C)ccc1CNC(=NC)NCCCNC(=O)C1CCC1.I. The molecule has 1 aliphatic carbocycles. The molecule has 0 bridgehead atoms. The zero-order valence-electron chi connectivity index (χ0n) is 18.5. The van der Waals surface area contributed by atoms with Crippen LogP contribution in [0.3, 0.4) is 0 Å². The molecule has 8 heteroatoms. The predicted molar refractivity (Wildman–Crippen MR) is 132 cm³/mol. The highest BCUT2D eigenvalue weighted by molar-refractivity contribution is 14.0. The van der Waals surface area contributed by atoms with E-state index in [9.17, 15) is 4.79 Å². The summed E-state index contributed by atoms with van der Waals surface area (Å²) in [4.78, 5) is 16.1. The second kappa shape index (κ2) is 15.3. The minimum Gasteiger partial charge on any atom is -0.491 e. The van der Waals surface area contributed by atoms with E-state index in [-0.39, 0.29) is 35.8 Å². The molecule has 1 aromatic carbocycles. The Hall–Kier alpha value is -1.55. The molecule has 1 fully saturated rings. The lowest BCUT2D eigenvalue weighted by Crippen LogP contribution is -2.39. The zero-order valence-corrected chi connectivity index (χ0v) is 20.8. The minimum atomic E-state index is 0. The third-order valence-corrected chi connectivity index (χ3v) is 5.00. The molecule has 0 radical (unpaired) electrons. The average molecular weight is 532 g/mol. The number of ether oxygens (including phenoxy) is 2. The maximum atomic E-state index is 11.8. The molecule has 1 aliphatic rings. The number of rotatable bonds is 12. The molecule has 0 spiro atoms. The van der Waals surface area contributed by atoms with Gasteiger partial charge in [-0.15, -0.1) is 24.0 Å². The van der Waals surface area contributed by atoms with E-state index in [1.165, 1.54) is 6.42 Å². The summed E-state index contributed by atoms with van der Waals surface area (Å²) in [5.74, 6) is 2.05. The Balaban J connectivity index is 0.00000450. The number of amides is 1. The Morgan fingerprint density at radius 1 is 1.17 bits per heavy atom. The Kier molecular flexibility index (Phi) is 13.5. The maximum absolute atomic E-state index is 11.8. The summed E-state index contributed by atoms with van der Waals surface area (Å²) in [6.07, 6.45) is 4.12. The number of hydrogen-bond acceptors (Lipinski definition) is 4. The Bertz CT molecular complexity index is 666. The van der Waals surface area contributed by atoms with Gasteiger partial charge < -0.3 is 25.4 Å². The molecule has 0 aliphatic heterocycles. The summed E-state index contributed by atoms with van der Waals surface area (Å²) in [5, 5.41) is 9.62. The van der Waals surface area contributed by atoms with Gasteiger partial charge in [-0.05, 0) is 44.7 Å². The van der Waals surface area contributed by atoms with Crippen LogP contribution in [0.1, 0.15) is 43.7 Å². The van der Waals surface area contributed by atoms with Gasteiger partial charge in [0, 0.05) is 44.8 Å². The van der Waals surface area contributed by atoms with Crippen LogP contribution >= 0.6 is 24.0 Å². The first-order chi connectivity index (χ1) is 14.1. The third kappa shape index (κ3) is 9.51. The topological polar surface area (TPSA) is 84.0 Å². The largest absolute Gasteiger partial charge is 0.491 e. The standard InChI is InChI=1S/C22H36N4O3.HI/c1-4-28-13-14-29-20-15-17(2)9-10-19(20)16-26-22(23-3)25-12-6-11-24-21(27)18-7-5-8-18;/h9-10,15,18H,4-8,11-14,16H2,1-3H3,(H,24,27)(H2,23,25,26);1H. The number of nitrogens with zero attached hydrogens (tertiary/aromatic N) is 1. The fourth-order valence-corrected chi connectivity index (χ4v) is 3.02. The van der Waals surface area contributed by atoms with Crippen LogP contribution in [0.2, 0.25) is 0 Å². The van der Waals surface area contributed by atoms with Crippen molar-refractivity contribution in [1.29, 1.82) is 0 Å². The van der Waals surface area contributed by atoms with Crippen molar-refractivity contribution in [2.24, 2.45) is 10.9 Å². The van der Waals surface area contributed by atoms with Crippen molar-refractivity contribution in [3.63, 3.8) is 0 Å². The summed E-state index contributed by atoms with van der Waals surface area (Å²) in [6.45, 7) is 7.88. The number of aliphatic imine (C=N–C) groups is 1. The van der Waals surface area contributed by atoms with Crippen LogP contribution in [-0.2, 0) is 16.1 Å². The van der Waals surface area contributed by atoms with Crippen LogP contribution in [0.5, 0.6) is 5.75 Å². The van der Waals surface area contributed by atoms with Gasteiger partial charge in [-0.1, -0.05) is 18.6 Å². The van der Waals surface area contributed by atoms with Gasteiger partial charge in [-0.3, -0.25) is 9.79 Å². The van der Waals surface area contributed by atoms with Crippen LogP contribution in [0.4, 0.5) is 0 Å². The lowest BCUT2D eigenvalue weighted by atomic mass is 9.85. The molecule has 1 amide bonds. The number of aryl methyl sites for hydroxylation is 1. The predicted octanol–water partition coefficient (Wildman–Crippen LogP) is 3.00. The number of carbonyl (C=O) groups is 1. The normalized spacial score (nSPS) is 13.8. The molecule has 0 atom stereocenters. The van der Waals surface area contributed by atoms with Gasteiger partial charge in [0.05, 0.1) is 6.61 Å². The van der Waals surface area contributed by atoms with Crippen molar-refractivity contribution >= 4 is 35.8 Å². The van der Waals surface area contributed by atoms with Crippen LogP contribution in [0, 0.1) is 12.8 Å². The molecule has 1 saturated carbocycles. The summed E-state index contributed by atoms with van der Waals surface area (Å²) in [6, 6.07) is 6.19. The smallest absolute Gasteiger partial charge is 0.223 e. The number of hydrogen-bond donors (Lipinski definition) is 3. The first-order valence-electron chi connectivity index (χ1n) is 10.7. The van der Waals surface area contributed by atoms with Gasteiger partial charge in [0.1, 0.15) is 12.4 Å². The third-order valence-electron chi connectivity index (χ3n) is 5.00. The van der Waals surface area contributed by atoms with E-state index in [0.29, 0.717) is 32.9 Å². The lowest BCUT2D eigenvalue weighted by Gasteiger charge is -2.24. The Morgan fingerprint density at radius 3 is 2.60 bits per heavy atom. The summed E-state index contributed by atoms with van der Waals surface area (Å²) in [5.41, 5.74) is 2.23. The molecule has 1 aromatic rings. The quantitative estimate of drug-likeness (QED) is 0.167. The van der Waals surface area contributed by atoms with Crippen molar-refractivity contribution in [2.75, 3.05) is 40.0 Å². The van der Waals surface area contributed by atoms with Crippen LogP contribution in [0.25, 0.3) is 0 Å². The number of carbonyl (C=O) groups excluding carboxylic acids is 1. The fourth-order valence-electron chi connectivity index (χ4n) is 3.02. The average Bonchev–Trinajstić information content (AvgIpc) is 2.67. The van der Waals surface area contributed by atoms with E-state index in [2.05, 4.69) is 40.0 Å². The van der Waals surface area contributed by atoms with E-state index in [1.54, 1.807) is 7.05 Å². The molecule has 2 rings (SSSR count). The molecular weight excluding hydrogens is 495 g/mol. The van der Waals surface area contributed by atoms with Crippen molar-refractivity contribution in [3.05, 3.63) is 29.3 Å².